The van der Waals surface area contributed by atoms with Gasteiger partial charge in [0, 0.05) is 35.3 Å². The average Bonchev–Trinajstić information content (AvgIpc) is 3.22. The van der Waals surface area contributed by atoms with Gasteiger partial charge in [-0.2, -0.15) is 9.61 Å². The van der Waals surface area contributed by atoms with Crippen molar-refractivity contribution >= 4 is 33.2 Å². The molecule has 26 heavy (non-hydrogen) atoms. The zero-order valence-electron chi connectivity index (χ0n) is 14.1. The fraction of sp³-hybridized carbons (Fsp3) is 0.222. The second kappa shape index (κ2) is 6.72. The molecule has 0 radical (unpaired) electrons. The number of nitrogens with one attached hydrogen (secondary N) is 1. The van der Waals surface area contributed by atoms with Gasteiger partial charge in [0.15, 0.2) is 5.01 Å². The molecule has 1 aromatic carbocycles. The fourth-order valence-electron chi connectivity index (χ4n) is 2.81. The number of H-pyrrole nitrogens is 1. The Hall–Kier alpha value is -3.00. The maximum atomic E-state index is 12.0. The summed E-state index contributed by atoms with van der Waals surface area (Å²) in [7, 11) is 0. The van der Waals surface area contributed by atoms with Crippen molar-refractivity contribution in [1.29, 1.82) is 0 Å². The average molecular weight is 368 g/mol. The third kappa shape index (κ3) is 3.23. The number of aromatic amines is 1. The van der Waals surface area contributed by atoms with Crippen molar-refractivity contribution in [2.45, 2.75) is 26.4 Å². The second-order valence-electron chi connectivity index (χ2n) is 5.95. The molecule has 0 aliphatic carbocycles. The summed E-state index contributed by atoms with van der Waals surface area (Å²) in [6, 6.07) is 9.39. The highest BCUT2D eigenvalue weighted by atomic mass is 32.1. The molecule has 0 fully saturated rings. The maximum Gasteiger partial charge on any atom is 0.306 e. The van der Waals surface area contributed by atoms with Crippen LogP contribution in [0.3, 0.4) is 0 Å². The number of carbonyl (C=O) groups excluding carboxylic acids is 1. The Morgan fingerprint density at radius 1 is 1.35 bits per heavy atom. The normalized spacial score (nSPS) is 11.3. The molecule has 7 nitrogen and oxygen atoms in total. The first-order valence-corrected chi connectivity index (χ1v) is 8.99. The Labute approximate surface area is 152 Å². The van der Waals surface area contributed by atoms with E-state index in [0.29, 0.717) is 22.1 Å². The third-order valence-corrected chi connectivity index (χ3v) is 4.93. The summed E-state index contributed by atoms with van der Waals surface area (Å²) < 4.78 is 6.52. The van der Waals surface area contributed by atoms with Crippen LogP contribution in [0.25, 0.3) is 15.9 Å². The molecule has 4 aromatic rings. The summed E-state index contributed by atoms with van der Waals surface area (Å²) in [6.45, 7) is 1.80. The van der Waals surface area contributed by atoms with Gasteiger partial charge >= 0.3 is 5.97 Å². The summed E-state index contributed by atoms with van der Waals surface area (Å²) >= 11 is 1.24. The molecule has 132 valence electrons. The van der Waals surface area contributed by atoms with Gasteiger partial charge in [-0.15, -0.1) is 0 Å². The van der Waals surface area contributed by atoms with Crippen LogP contribution in [0, 0.1) is 6.92 Å². The number of rotatable bonds is 5. The molecule has 0 unspecified atom stereocenters. The number of esters is 1. The smallest absolute Gasteiger partial charge is 0.306 e. The molecule has 0 aliphatic heterocycles. The molecule has 3 aromatic heterocycles. The van der Waals surface area contributed by atoms with Crippen molar-refractivity contribution in [2.75, 3.05) is 0 Å². The van der Waals surface area contributed by atoms with Crippen molar-refractivity contribution in [3.8, 4) is 0 Å². The van der Waals surface area contributed by atoms with Gasteiger partial charge in [0.2, 0.25) is 4.96 Å². The maximum absolute atomic E-state index is 12.0. The van der Waals surface area contributed by atoms with Crippen LogP contribution < -0.4 is 5.56 Å². The first-order chi connectivity index (χ1) is 12.6. The number of carbonyl (C=O) groups is 1. The number of fused-ring (bicyclic) bond motifs is 2. The minimum atomic E-state index is -0.300. The molecule has 0 saturated heterocycles. The van der Waals surface area contributed by atoms with Gasteiger partial charge in [-0.05, 0) is 25.0 Å². The monoisotopic (exact) mass is 368 g/mol. The number of hydrogen-bond acceptors (Lipinski definition) is 6. The van der Waals surface area contributed by atoms with Crippen LogP contribution in [-0.2, 0) is 22.6 Å². The van der Waals surface area contributed by atoms with Crippen molar-refractivity contribution in [3.63, 3.8) is 0 Å². The Bertz CT molecular complexity index is 1160. The van der Waals surface area contributed by atoms with Gasteiger partial charge in [0.25, 0.3) is 5.56 Å². The van der Waals surface area contributed by atoms with Gasteiger partial charge in [-0.25, -0.2) is 4.98 Å². The third-order valence-electron chi connectivity index (χ3n) is 4.04. The van der Waals surface area contributed by atoms with Crippen LogP contribution in [0.15, 0.2) is 41.3 Å². The Morgan fingerprint density at radius 3 is 3.08 bits per heavy atom. The van der Waals surface area contributed by atoms with Gasteiger partial charge in [0.05, 0.1) is 0 Å². The standard InChI is InChI=1S/C18H16N4O3S/c1-11-8-16(23)22-18(20-11)26-15(21-22)10-25-17(24)7-6-12-9-19-14-5-3-2-4-13(12)14/h2-5,8-9,19H,6-7,10H2,1H3. The van der Waals surface area contributed by atoms with Crippen molar-refractivity contribution in [3.05, 3.63) is 63.1 Å². The lowest BCUT2D eigenvalue weighted by atomic mass is 10.1. The van der Waals surface area contributed by atoms with Crippen LogP contribution in [0.1, 0.15) is 22.7 Å². The summed E-state index contributed by atoms with van der Waals surface area (Å²) in [4.78, 5) is 31.8. The predicted octanol–water partition coefficient (Wildman–Crippen LogP) is 2.62. The zero-order chi connectivity index (χ0) is 18.1. The van der Waals surface area contributed by atoms with Crippen LogP contribution in [0.4, 0.5) is 0 Å². The van der Waals surface area contributed by atoms with E-state index in [1.165, 1.54) is 21.9 Å². The van der Waals surface area contributed by atoms with Gasteiger partial charge in [0.1, 0.15) is 6.61 Å². The van der Waals surface area contributed by atoms with Crippen molar-refractivity contribution in [1.82, 2.24) is 19.6 Å². The summed E-state index contributed by atoms with van der Waals surface area (Å²) in [5, 5.41) is 5.81. The quantitative estimate of drug-likeness (QED) is 0.547. The Morgan fingerprint density at radius 2 is 2.19 bits per heavy atom. The van der Waals surface area contributed by atoms with E-state index < -0.39 is 0 Å². The SMILES string of the molecule is Cc1cc(=O)n2nc(COC(=O)CCc3c[nH]c4ccccc34)sc2n1. The number of hydrogen-bond donors (Lipinski definition) is 1. The Kier molecular flexibility index (Phi) is 4.26. The molecule has 4 rings (SSSR count). The van der Waals surface area contributed by atoms with Gasteiger partial charge in [-0.3, -0.25) is 9.59 Å². The van der Waals surface area contributed by atoms with E-state index in [1.807, 2.05) is 30.5 Å². The second-order valence-corrected chi connectivity index (χ2v) is 6.99. The molecule has 0 aliphatic rings. The van der Waals surface area contributed by atoms with E-state index in [4.69, 9.17) is 4.74 Å². The molecule has 1 N–H and O–H groups in total. The lowest BCUT2D eigenvalue weighted by molar-refractivity contribution is -0.144. The van der Waals surface area contributed by atoms with Crippen LogP contribution in [0.2, 0.25) is 0 Å². The molecule has 0 amide bonds. The van der Waals surface area contributed by atoms with Crippen molar-refractivity contribution < 1.29 is 9.53 Å². The number of para-hydroxylation sites is 1. The highest BCUT2D eigenvalue weighted by molar-refractivity contribution is 7.16. The minimum Gasteiger partial charge on any atom is -0.458 e. The number of aryl methyl sites for hydroxylation is 2. The lowest BCUT2D eigenvalue weighted by Crippen LogP contribution is -2.14. The molecule has 0 spiro atoms. The molecular weight excluding hydrogens is 352 g/mol. The largest absolute Gasteiger partial charge is 0.458 e. The molecule has 0 saturated carbocycles. The highest BCUT2D eigenvalue weighted by Gasteiger charge is 2.11. The number of ether oxygens (including phenoxy) is 1. The lowest BCUT2D eigenvalue weighted by Gasteiger charge is -2.02. The van der Waals surface area contributed by atoms with E-state index in [9.17, 15) is 9.59 Å². The first-order valence-electron chi connectivity index (χ1n) is 8.17. The van der Waals surface area contributed by atoms with Gasteiger partial charge in [-0.1, -0.05) is 29.5 Å². The van der Waals surface area contributed by atoms with E-state index in [2.05, 4.69) is 15.1 Å². The minimum absolute atomic E-state index is 0.0409. The van der Waals surface area contributed by atoms with E-state index in [0.717, 1.165) is 16.5 Å². The molecule has 3 heterocycles. The number of aromatic nitrogens is 4. The van der Waals surface area contributed by atoms with Gasteiger partial charge < -0.3 is 9.72 Å². The van der Waals surface area contributed by atoms with Crippen LogP contribution in [0.5, 0.6) is 0 Å². The van der Waals surface area contributed by atoms with Crippen LogP contribution in [-0.4, -0.2) is 25.6 Å². The predicted molar refractivity (Wildman–Crippen MR) is 98.3 cm³/mol. The Balaban J connectivity index is 1.38. The topological polar surface area (TPSA) is 89.4 Å². The number of nitrogens with zero attached hydrogens (tertiary/aromatic N) is 3. The van der Waals surface area contributed by atoms with Crippen LogP contribution >= 0.6 is 11.3 Å². The van der Waals surface area contributed by atoms with E-state index in [1.54, 1.807) is 6.92 Å². The molecule has 0 atom stereocenters. The zero-order valence-corrected chi connectivity index (χ0v) is 14.9. The highest BCUT2D eigenvalue weighted by Crippen LogP contribution is 2.19. The van der Waals surface area contributed by atoms with E-state index in [-0.39, 0.29) is 24.6 Å². The molecular formula is C18H16N4O3S. The first kappa shape index (κ1) is 16.5. The fourth-order valence-corrected chi connectivity index (χ4v) is 3.67. The summed E-state index contributed by atoms with van der Waals surface area (Å²) in [6.07, 6.45) is 2.80. The van der Waals surface area contributed by atoms with Crippen molar-refractivity contribution in [2.24, 2.45) is 0 Å². The molecule has 8 heteroatoms. The van der Waals surface area contributed by atoms with E-state index >= 15 is 0 Å². The summed E-state index contributed by atoms with van der Waals surface area (Å²) in [5.41, 5.74) is 2.55. The summed E-state index contributed by atoms with van der Waals surface area (Å²) in [5.74, 6) is -0.300. The molecule has 0 bridgehead atoms. The number of benzene rings is 1.